The molecule has 1 heterocycles. The Morgan fingerprint density at radius 2 is 2.04 bits per heavy atom. The average molecular weight is 384 g/mol. The number of amides is 1. The number of thioether (sulfide) groups is 1. The van der Waals surface area contributed by atoms with Gasteiger partial charge in [-0.05, 0) is 54.6 Å². The molecule has 2 aromatic rings. The number of methoxy groups -OCH3 is 1. The molecular formula is C20H20N2O4S. The number of carbonyl (C=O) groups is 1. The van der Waals surface area contributed by atoms with Gasteiger partial charge in [-0.1, -0.05) is 12.1 Å². The van der Waals surface area contributed by atoms with Crippen LogP contribution in [0.1, 0.15) is 12.5 Å². The second kappa shape index (κ2) is 8.18. The second-order valence-corrected chi connectivity index (χ2v) is 6.74. The summed E-state index contributed by atoms with van der Waals surface area (Å²) < 4.78 is 10.9. The van der Waals surface area contributed by atoms with Gasteiger partial charge in [0.25, 0.3) is 5.91 Å². The third-order valence-electron chi connectivity index (χ3n) is 3.84. The van der Waals surface area contributed by atoms with Crippen LogP contribution in [0.2, 0.25) is 0 Å². The van der Waals surface area contributed by atoms with Crippen LogP contribution in [0.25, 0.3) is 6.08 Å². The van der Waals surface area contributed by atoms with Crippen LogP contribution in [0.5, 0.6) is 17.2 Å². The number of benzene rings is 2. The SMILES string of the molecule is CCOc1ccc(/C=C2\SC(=Nc3cccc(O)c3)N(C)C2=O)cc1OC. The molecule has 1 N–H and O–H groups in total. The quantitative estimate of drug-likeness (QED) is 0.788. The number of phenolic OH excluding ortho intramolecular Hbond substituents is 1. The molecule has 0 radical (unpaired) electrons. The van der Waals surface area contributed by atoms with Crippen molar-refractivity contribution in [3.05, 3.63) is 52.9 Å². The van der Waals surface area contributed by atoms with Crippen molar-refractivity contribution in [2.45, 2.75) is 6.92 Å². The van der Waals surface area contributed by atoms with Gasteiger partial charge in [0.1, 0.15) is 5.75 Å². The Labute approximate surface area is 162 Å². The van der Waals surface area contributed by atoms with Crippen LogP contribution in [-0.4, -0.2) is 41.8 Å². The number of nitrogens with zero attached hydrogens (tertiary/aromatic N) is 2. The van der Waals surface area contributed by atoms with Gasteiger partial charge in [-0.15, -0.1) is 0 Å². The van der Waals surface area contributed by atoms with E-state index in [9.17, 15) is 9.90 Å². The summed E-state index contributed by atoms with van der Waals surface area (Å²) in [6.07, 6.45) is 1.80. The van der Waals surface area contributed by atoms with E-state index < -0.39 is 0 Å². The summed E-state index contributed by atoms with van der Waals surface area (Å²) in [5.74, 6) is 1.28. The third kappa shape index (κ3) is 4.25. The molecule has 0 aromatic heterocycles. The van der Waals surface area contributed by atoms with Crippen molar-refractivity contribution in [3.8, 4) is 17.2 Å². The first-order valence-electron chi connectivity index (χ1n) is 8.38. The smallest absolute Gasteiger partial charge is 0.266 e. The summed E-state index contributed by atoms with van der Waals surface area (Å²) in [4.78, 5) is 19.1. The molecule has 0 spiro atoms. The summed E-state index contributed by atoms with van der Waals surface area (Å²) >= 11 is 1.28. The Bertz CT molecular complexity index is 924. The van der Waals surface area contributed by atoms with E-state index in [0.717, 1.165) is 5.56 Å². The largest absolute Gasteiger partial charge is 0.508 e. The van der Waals surface area contributed by atoms with Crippen LogP contribution in [0.4, 0.5) is 5.69 Å². The lowest BCUT2D eigenvalue weighted by atomic mass is 10.2. The van der Waals surface area contributed by atoms with Crippen molar-refractivity contribution in [2.24, 2.45) is 4.99 Å². The van der Waals surface area contributed by atoms with Crippen molar-refractivity contribution in [2.75, 3.05) is 20.8 Å². The van der Waals surface area contributed by atoms with Crippen molar-refractivity contribution in [3.63, 3.8) is 0 Å². The normalized spacial score (nSPS) is 17.0. The highest BCUT2D eigenvalue weighted by molar-refractivity contribution is 8.18. The molecule has 140 valence electrons. The van der Waals surface area contributed by atoms with Crippen LogP contribution in [0.3, 0.4) is 0 Å². The molecule has 6 nitrogen and oxygen atoms in total. The molecular weight excluding hydrogens is 364 g/mol. The Hall–Kier alpha value is -2.93. The molecule has 0 unspecified atom stereocenters. The molecule has 1 saturated heterocycles. The van der Waals surface area contributed by atoms with Gasteiger partial charge in [-0.3, -0.25) is 9.69 Å². The van der Waals surface area contributed by atoms with Gasteiger partial charge in [0, 0.05) is 13.1 Å². The number of aliphatic imine (C=N–C) groups is 1. The topological polar surface area (TPSA) is 71.4 Å². The number of hydrogen-bond donors (Lipinski definition) is 1. The molecule has 3 rings (SSSR count). The van der Waals surface area contributed by atoms with Crippen molar-refractivity contribution in [1.29, 1.82) is 0 Å². The molecule has 0 atom stereocenters. The standard InChI is InChI=1S/C20H20N2O4S/c1-4-26-16-9-8-13(10-17(16)25-3)11-18-19(24)22(2)20(27-18)21-14-6-5-7-15(23)12-14/h5-12,23H,4H2,1-3H3/b18-11-,21-20?. The predicted octanol–water partition coefficient (Wildman–Crippen LogP) is 4.03. The number of ether oxygens (including phenoxy) is 2. The van der Waals surface area contributed by atoms with Gasteiger partial charge in [0.15, 0.2) is 16.7 Å². The van der Waals surface area contributed by atoms with E-state index in [0.29, 0.717) is 33.9 Å². The van der Waals surface area contributed by atoms with Gasteiger partial charge in [-0.2, -0.15) is 0 Å². The fourth-order valence-corrected chi connectivity index (χ4v) is 3.51. The molecule has 0 bridgehead atoms. The fourth-order valence-electron chi connectivity index (χ4n) is 2.52. The lowest BCUT2D eigenvalue weighted by Crippen LogP contribution is -2.23. The summed E-state index contributed by atoms with van der Waals surface area (Å²) in [5.41, 5.74) is 1.42. The van der Waals surface area contributed by atoms with E-state index in [4.69, 9.17) is 9.47 Å². The molecule has 1 aliphatic heterocycles. The van der Waals surface area contributed by atoms with E-state index in [-0.39, 0.29) is 11.7 Å². The molecule has 2 aromatic carbocycles. The van der Waals surface area contributed by atoms with Crippen LogP contribution >= 0.6 is 11.8 Å². The van der Waals surface area contributed by atoms with Crippen molar-refractivity contribution < 1.29 is 19.4 Å². The first-order chi connectivity index (χ1) is 13.0. The van der Waals surface area contributed by atoms with Gasteiger partial charge in [0.05, 0.1) is 24.3 Å². The van der Waals surface area contributed by atoms with Crippen molar-refractivity contribution >= 4 is 34.6 Å². The first kappa shape index (κ1) is 18.8. The van der Waals surface area contributed by atoms with Gasteiger partial charge < -0.3 is 14.6 Å². The summed E-state index contributed by atoms with van der Waals surface area (Å²) in [7, 11) is 3.26. The maximum atomic E-state index is 12.6. The molecule has 1 aliphatic rings. The lowest BCUT2D eigenvalue weighted by Gasteiger charge is -2.09. The van der Waals surface area contributed by atoms with Crippen LogP contribution < -0.4 is 9.47 Å². The second-order valence-electron chi connectivity index (χ2n) is 5.73. The zero-order valence-electron chi connectivity index (χ0n) is 15.3. The van der Waals surface area contributed by atoms with Crippen LogP contribution in [0.15, 0.2) is 52.4 Å². The Morgan fingerprint density at radius 1 is 1.22 bits per heavy atom. The highest BCUT2D eigenvalue weighted by Crippen LogP contribution is 2.35. The lowest BCUT2D eigenvalue weighted by molar-refractivity contribution is -0.121. The minimum atomic E-state index is -0.133. The number of likely N-dealkylation sites (N-methyl/N-ethyl adjacent to an activating group) is 1. The minimum Gasteiger partial charge on any atom is -0.508 e. The molecule has 27 heavy (non-hydrogen) atoms. The summed E-state index contributed by atoms with van der Waals surface area (Å²) in [6, 6.07) is 12.1. The van der Waals surface area contributed by atoms with E-state index in [1.165, 1.54) is 16.7 Å². The maximum Gasteiger partial charge on any atom is 0.266 e. The molecule has 7 heteroatoms. The maximum absolute atomic E-state index is 12.6. The average Bonchev–Trinajstić information content (AvgIpc) is 2.91. The van der Waals surface area contributed by atoms with E-state index in [2.05, 4.69) is 4.99 Å². The molecule has 0 aliphatic carbocycles. The van der Waals surface area contributed by atoms with Crippen LogP contribution in [-0.2, 0) is 4.79 Å². The Kier molecular flexibility index (Phi) is 5.71. The monoisotopic (exact) mass is 384 g/mol. The van der Waals surface area contributed by atoms with Gasteiger partial charge in [0.2, 0.25) is 0 Å². The predicted molar refractivity (Wildman–Crippen MR) is 108 cm³/mol. The number of rotatable bonds is 5. The number of carbonyl (C=O) groups excluding carboxylic acids is 1. The molecule has 1 fully saturated rings. The molecule has 1 amide bonds. The van der Waals surface area contributed by atoms with Gasteiger partial charge >= 0.3 is 0 Å². The minimum absolute atomic E-state index is 0.131. The summed E-state index contributed by atoms with van der Waals surface area (Å²) in [6.45, 7) is 2.46. The highest BCUT2D eigenvalue weighted by atomic mass is 32.2. The number of hydrogen-bond acceptors (Lipinski definition) is 6. The number of amidine groups is 1. The highest BCUT2D eigenvalue weighted by Gasteiger charge is 2.30. The number of phenols is 1. The number of aromatic hydroxyl groups is 1. The van der Waals surface area contributed by atoms with E-state index in [1.807, 2.05) is 25.1 Å². The van der Waals surface area contributed by atoms with E-state index >= 15 is 0 Å². The zero-order valence-corrected chi connectivity index (χ0v) is 16.1. The van der Waals surface area contributed by atoms with Gasteiger partial charge in [-0.25, -0.2) is 4.99 Å². The molecule has 0 saturated carbocycles. The third-order valence-corrected chi connectivity index (χ3v) is 4.90. The zero-order chi connectivity index (χ0) is 19.4. The van der Waals surface area contributed by atoms with E-state index in [1.54, 1.807) is 44.5 Å². The summed E-state index contributed by atoms with van der Waals surface area (Å²) in [5, 5.41) is 10.1. The van der Waals surface area contributed by atoms with Crippen LogP contribution in [0, 0.1) is 0 Å². The Morgan fingerprint density at radius 3 is 2.74 bits per heavy atom. The fraction of sp³-hybridized carbons (Fsp3) is 0.200. The first-order valence-corrected chi connectivity index (χ1v) is 9.19. The van der Waals surface area contributed by atoms with Crippen molar-refractivity contribution in [1.82, 2.24) is 4.90 Å². The Balaban J connectivity index is 1.88.